The fraction of sp³-hybridized carbons (Fsp3) is 0.333. The molecule has 148 valence electrons. The van der Waals surface area contributed by atoms with E-state index in [2.05, 4.69) is 4.90 Å². The number of piperazine rings is 1. The van der Waals surface area contributed by atoms with Crippen LogP contribution in [0.4, 0.5) is 5.69 Å². The van der Waals surface area contributed by atoms with E-state index in [0.717, 1.165) is 18.8 Å². The maximum Gasteiger partial charge on any atom is 0.223 e. The van der Waals surface area contributed by atoms with Gasteiger partial charge >= 0.3 is 0 Å². The van der Waals surface area contributed by atoms with Gasteiger partial charge < -0.3 is 9.80 Å². The van der Waals surface area contributed by atoms with Gasteiger partial charge in [0.25, 0.3) is 0 Å². The molecule has 0 radical (unpaired) electrons. The summed E-state index contributed by atoms with van der Waals surface area (Å²) in [6.45, 7) is 2.76. The lowest BCUT2D eigenvalue weighted by Crippen LogP contribution is -2.48. The molecule has 0 bridgehead atoms. The molecule has 0 aliphatic carbocycles. The zero-order valence-electron chi connectivity index (χ0n) is 15.8. The minimum absolute atomic E-state index is 0.00498. The first-order valence-corrected chi connectivity index (χ1v) is 11.1. The van der Waals surface area contributed by atoms with Crippen LogP contribution in [0.3, 0.4) is 0 Å². The van der Waals surface area contributed by atoms with Crippen LogP contribution in [0.5, 0.6) is 0 Å². The number of nitrogens with zero attached hydrogens (tertiary/aromatic N) is 2. The van der Waals surface area contributed by atoms with E-state index in [9.17, 15) is 13.8 Å². The lowest BCUT2D eigenvalue weighted by Gasteiger charge is -2.36. The molecule has 1 saturated heterocycles. The van der Waals surface area contributed by atoms with Gasteiger partial charge in [-0.15, -0.1) is 0 Å². The molecule has 0 N–H and O–H groups in total. The van der Waals surface area contributed by atoms with Gasteiger partial charge in [-0.3, -0.25) is 13.8 Å². The molecule has 1 fully saturated rings. The van der Waals surface area contributed by atoms with Crippen LogP contribution in [0.2, 0.25) is 5.02 Å². The standard InChI is InChI=1S/C21H23ClN2O3S/c1-28(27)19-7-5-16(6-8-19)20(25)9-10-21(26)24-13-11-23(12-14-24)18-4-2-3-17(22)15-18/h2-8,15H,9-14H2,1H3. The molecule has 0 aromatic heterocycles. The van der Waals surface area contributed by atoms with Gasteiger partial charge in [0.2, 0.25) is 5.91 Å². The lowest BCUT2D eigenvalue weighted by molar-refractivity contribution is -0.131. The third-order valence-electron chi connectivity index (χ3n) is 4.88. The van der Waals surface area contributed by atoms with Gasteiger partial charge in [0.05, 0.1) is 0 Å². The van der Waals surface area contributed by atoms with E-state index in [1.165, 1.54) is 0 Å². The maximum atomic E-state index is 12.5. The Morgan fingerprint density at radius 2 is 1.68 bits per heavy atom. The van der Waals surface area contributed by atoms with Crippen LogP contribution < -0.4 is 4.90 Å². The molecule has 3 rings (SSSR count). The second-order valence-electron chi connectivity index (χ2n) is 6.75. The summed E-state index contributed by atoms with van der Waals surface area (Å²) in [6.07, 6.45) is 1.99. The summed E-state index contributed by atoms with van der Waals surface area (Å²) in [5, 5.41) is 0.702. The highest BCUT2D eigenvalue weighted by Gasteiger charge is 2.22. The number of benzene rings is 2. The minimum atomic E-state index is -1.07. The molecule has 2 aromatic carbocycles. The Morgan fingerprint density at radius 1 is 1.00 bits per heavy atom. The number of Topliss-reactive ketones (excluding diaryl/α,β-unsaturated/α-hetero) is 1. The lowest BCUT2D eigenvalue weighted by atomic mass is 10.1. The van der Waals surface area contributed by atoms with E-state index in [4.69, 9.17) is 11.6 Å². The Morgan fingerprint density at radius 3 is 2.29 bits per heavy atom. The third-order valence-corrected chi connectivity index (χ3v) is 6.05. The first-order chi connectivity index (χ1) is 13.4. The molecule has 1 aliphatic heterocycles. The predicted molar refractivity (Wildman–Crippen MR) is 113 cm³/mol. The number of hydrogen-bond acceptors (Lipinski definition) is 4. The Balaban J connectivity index is 1.48. The first kappa shape index (κ1) is 20.6. The summed E-state index contributed by atoms with van der Waals surface area (Å²) in [5.74, 6) is -0.0651. The molecular weight excluding hydrogens is 396 g/mol. The molecule has 28 heavy (non-hydrogen) atoms. The van der Waals surface area contributed by atoms with Crippen LogP contribution in [0.15, 0.2) is 53.4 Å². The number of ketones is 1. The van der Waals surface area contributed by atoms with E-state index in [1.54, 1.807) is 30.5 Å². The van der Waals surface area contributed by atoms with Crippen molar-refractivity contribution in [3.63, 3.8) is 0 Å². The maximum absolute atomic E-state index is 12.5. The number of carbonyl (C=O) groups is 2. The largest absolute Gasteiger partial charge is 0.368 e. The summed E-state index contributed by atoms with van der Waals surface area (Å²) in [6, 6.07) is 14.4. The normalized spacial score (nSPS) is 15.4. The van der Waals surface area contributed by atoms with Crippen molar-refractivity contribution in [1.29, 1.82) is 0 Å². The van der Waals surface area contributed by atoms with E-state index in [-0.39, 0.29) is 24.5 Å². The van der Waals surface area contributed by atoms with Crippen LogP contribution in [-0.4, -0.2) is 53.2 Å². The second kappa shape index (κ2) is 9.34. The Hall–Kier alpha value is -2.18. The van der Waals surface area contributed by atoms with Crippen LogP contribution in [-0.2, 0) is 15.6 Å². The summed E-state index contributed by atoms with van der Waals surface area (Å²) in [4.78, 5) is 29.5. The number of anilines is 1. The zero-order valence-corrected chi connectivity index (χ0v) is 17.3. The number of hydrogen-bond donors (Lipinski definition) is 0. The van der Waals surface area contributed by atoms with Gasteiger partial charge in [0, 0.05) is 77.2 Å². The topological polar surface area (TPSA) is 57.7 Å². The first-order valence-electron chi connectivity index (χ1n) is 9.19. The summed E-state index contributed by atoms with van der Waals surface area (Å²) < 4.78 is 11.4. The van der Waals surface area contributed by atoms with Crippen molar-refractivity contribution in [3.05, 3.63) is 59.1 Å². The molecule has 5 nitrogen and oxygen atoms in total. The fourth-order valence-electron chi connectivity index (χ4n) is 3.24. The van der Waals surface area contributed by atoms with Gasteiger partial charge in [-0.2, -0.15) is 0 Å². The second-order valence-corrected chi connectivity index (χ2v) is 8.57. The van der Waals surface area contributed by atoms with Crippen molar-refractivity contribution in [2.24, 2.45) is 0 Å². The van der Waals surface area contributed by atoms with Crippen molar-refractivity contribution in [3.8, 4) is 0 Å². The molecule has 7 heteroatoms. The molecule has 1 atom stereocenters. The molecular formula is C21H23ClN2O3S. The van der Waals surface area contributed by atoms with Crippen LogP contribution in [0.25, 0.3) is 0 Å². The van der Waals surface area contributed by atoms with E-state index in [0.29, 0.717) is 28.6 Å². The summed E-state index contributed by atoms with van der Waals surface area (Å²) in [7, 11) is -1.07. The Kier molecular flexibility index (Phi) is 6.86. The minimum Gasteiger partial charge on any atom is -0.368 e. The van der Waals surface area contributed by atoms with Gasteiger partial charge in [0.15, 0.2) is 5.78 Å². The molecule has 0 saturated carbocycles. The van der Waals surface area contributed by atoms with Crippen molar-refractivity contribution < 1.29 is 13.8 Å². The average molecular weight is 419 g/mol. The quantitative estimate of drug-likeness (QED) is 0.675. The Labute approximate surface area is 172 Å². The summed E-state index contributed by atoms with van der Waals surface area (Å²) >= 11 is 6.05. The van der Waals surface area contributed by atoms with Crippen LogP contribution in [0, 0.1) is 0 Å². The zero-order chi connectivity index (χ0) is 20.1. The van der Waals surface area contributed by atoms with Gasteiger partial charge in [-0.25, -0.2) is 0 Å². The van der Waals surface area contributed by atoms with E-state index in [1.807, 2.05) is 29.2 Å². The molecule has 1 unspecified atom stereocenters. The number of rotatable bonds is 6. The van der Waals surface area contributed by atoms with E-state index >= 15 is 0 Å². The van der Waals surface area contributed by atoms with Crippen molar-refractivity contribution in [1.82, 2.24) is 4.90 Å². The van der Waals surface area contributed by atoms with Crippen molar-refractivity contribution in [2.45, 2.75) is 17.7 Å². The van der Waals surface area contributed by atoms with Crippen LogP contribution >= 0.6 is 11.6 Å². The van der Waals surface area contributed by atoms with Crippen molar-refractivity contribution >= 4 is 39.8 Å². The van der Waals surface area contributed by atoms with Gasteiger partial charge in [0.1, 0.15) is 0 Å². The number of carbonyl (C=O) groups excluding carboxylic acids is 2. The van der Waals surface area contributed by atoms with Gasteiger partial charge in [-0.1, -0.05) is 29.8 Å². The fourth-order valence-corrected chi connectivity index (χ4v) is 3.95. The third kappa shape index (κ3) is 5.20. The molecule has 2 aromatic rings. The Bertz CT molecular complexity index is 877. The predicted octanol–water partition coefficient (Wildman–Crippen LogP) is 3.39. The highest BCUT2D eigenvalue weighted by molar-refractivity contribution is 7.84. The summed E-state index contributed by atoms with van der Waals surface area (Å²) in [5.41, 5.74) is 1.61. The molecule has 1 heterocycles. The average Bonchev–Trinajstić information content (AvgIpc) is 2.72. The van der Waals surface area contributed by atoms with Crippen molar-refractivity contribution in [2.75, 3.05) is 37.3 Å². The van der Waals surface area contributed by atoms with Gasteiger partial charge in [-0.05, 0) is 30.3 Å². The smallest absolute Gasteiger partial charge is 0.223 e. The number of amides is 1. The highest BCUT2D eigenvalue weighted by atomic mass is 35.5. The monoisotopic (exact) mass is 418 g/mol. The molecule has 1 amide bonds. The van der Waals surface area contributed by atoms with Crippen LogP contribution in [0.1, 0.15) is 23.2 Å². The highest BCUT2D eigenvalue weighted by Crippen LogP contribution is 2.21. The molecule has 0 spiro atoms. The number of halogens is 1. The van der Waals surface area contributed by atoms with E-state index < -0.39 is 10.8 Å². The SMILES string of the molecule is CS(=O)c1ccc(C(=O)CCC(=O)N2CCN(c3cccc(Cl)c3)CC2)cc1. The molecule has 1 aliphatic rings.